The van der Waals surface area contributed by atoms with Gasteiger partial charge < -0.3 is 20.2 Å². The zero-order valence-electron chi connectivity index (χ0n) is 11.5. The average Bonchev–Trinajstić information content (AvgIpc) is 2.68. The Morgan fingerprint density at radius 3 is 2.63 bits per heavy atom. The van der Waals surface area contributed by atoms with Gasteiger partial charge in [-0.3, -0.25) is 0 Å². The summed E-state index contributed by atoms with van der Waals surface area (Å²) in [5.74, 6) is 1.68. The van der Waals surface area contributed by atoms with Crippen molar-refractivity contribution in [2.24, 2.45) is 5.73 Å². The van der Waals surface area contributed by atoms with E-state index in [0.717, 1.165) is 29.9 Å². The lowest BCUT2D eigenvalue weighted by Gasteiger charge is -2.18. The molecule has 1 aliphatic heterocycles. The van der Waals surface area contributed by atoms with Crippen molar-refractivity contribution in [1.82, 2.24) is 4.98 Å². The van der Waals surface area contributed by atoms with Crippen LogP contribution in [0.25, 0.3) is 10.9 Å². The third-order valence-corrected chi connectivity index (χ3v) is 3.63. The summed E-state index contributed by atoms with van der Waals surface area (Å²) in [6, 6.07) is 4.34. The number of H-pyrrole nitrogens is 1. The fraction of sp³-hybridized carbons (Fsp3) is 0.467. The molecule has 1 aromatic heterocycles. The molecule has 0 radical (unpaired) electrons. The summed E-state index contributed by atoms with van der Waals surface area (Å²) in [5.41, 5.74) is 9.52. The van der Waals surface area contributed by atoms with Crippen LogP contribution in [0, 0.1) is 6.92 Å². The minimum Gasteiger partial charge on any atom is -0.486 e. The standard InChI is InChI=1S/C15H20N2O2/c1-9(16)3-4-11-10(2)17-13-8-15-14(7-12(11)13)18-5-6-19-15/h7-9,17H,3-6,16H2,1-2H3. The van der Waals surface area contributed by atoms with E-state index in [1.165, 1.54) is 16.6 Å². The van der Waals surface area contributed by atoms with E-state index in [-0.39, 0.29) is 6.04 Å². The topological polar surface area (TPSA) is 60.3 Å². The van der Waals surface area contributed by atoms with Crippen LogP contribution in [-0.2, 0) is 6.42 Å². The number of ether oxygens (including phenoxy) is 2. The largest absolute Gasteiger partial charge is 0.486 e. The Hall–Kier alpha value is -1.68. The third-order valence-electron chi connectivity index (χ3n) is 3.63. The molecule has 0 aliphatic carbocycles. The Kier molecular flexibility index (Phi) is 3.11. The second kappa shape index (κ2) is 4.78. The molecule has 4 nitrogen and oxygen atoms in total. The summed E-state index contributed by atoms with van der Waals surface area (Å²) in [5, 5.41) is 1.22. The van der Waals surface area contributed by atoms with Gasteiger partial charge in [-0.15, -0.1) is 0 Å². The van der Waals surface area contributed by atoms with Gasteiger partial charge in [-0.1, -0.05) is 0 Å². The van der Waals surface area contributed by atoms with Gasteiger partial charge >= 0.3 is 0 Å². The number of nitrogens with two attached hydrogens (primary N) is 1. The summed E-state index contributed by atoms with van der Waals surface area (Å²) in [4.78, 5) is 3.42. The normalized spacial score (nSPS) is 15.7. The van der Waals surface area contributed by atoms with E-state index in [2.05, 4.69) is 18.0 Å². The maximum atomic E-state index is 5.86. The first-order valence-corrected chi connectivity index (χ1v) is 6.81. The Morgan fingerprint density at radius 2 is 1.95 bits per heavy atom. The molecule has 19 heavy (non-hydrogen) atoms. The lowest BCUT2D eigenvalue weighted by atomic mass is 10.0. The highest BCUT2D eigenvalue weighted by Crippen LogP contribution is 2.36. The van der Waals surface area contributed by atoms with Crippen LogP contribution < -0.4 is 15.2 Å². The molecule has 3 rings (SSSR count). The summed E-state index contributed by atoms with van der Waals surface area (Å²) >= 11 is 0. The highest BCUT2D eigenvalue weighted by Gasteiger charge is 2.16. The molecule has 0 amide bonds. The molecule has 1 atom stereocenters. The molecule has 1 aliphatic rings. The molecule has 1 aromatic carbocycles. The Bertz CT molecular complexity index is 602. The van der Waals surface area contributed by atoms with E-state index in [9.17, 15) is 0 Å². The van der Waals surface area contributed by atoms with E-state index in [0.29, 0.717) is 13.2 Å². The number of aryl methyl sites for hydroxylation is 2. The summed E-state index contributed by atoms with van der Waals surface area (Å²) in [6.07, 6.45) is 1.98. The second-order valence-corrected chi connectivity index (χ2v) is 5.29. The van der Waals surface area contributed by atoms with Gasteiger partial charge in [0.2, 0.25) is 0 Å². The van der Waals surface area contributed by atoms with Crippen LogP contribution >= 0.6 is 0 Å². The molecule has 102 valence electrons. The summed E-state index contributed by atoms with van der Waals surface area (Å²) in [6.45, 7) is 5.40. The van der Waals surface area contributed by atoms with Crippen LogP contribution in [0.15, 0.2) is 12.1 Å². The maximum absolute atomic E-state index is 5.86. The van der Waals surface area contributed by atoms with Crippen LogP contribution in [0.4, 0.5) is 0 Å². The molecule has 3 N–H and O–H groups in total. The van der Waals surface area contributed by atoms with Crippen molar-refractivity contribution in [3.8, 4) is 11.5 Å². The van der Waals surface area contributed by atoms with E-state index in [4.69, 9.17) is 15.2 Å². The van der Waals surface area contributed by atoms with Crippen molar-refractivity contribution in [2.75, 3.05) is 13.2 Å². The fourth-order valence-corrected chi connectivity index (χ4v) is 2.62. The van der Waals surface area contributed by atoms with Crippen LogP contribution in [-0.4, -0.2) is 24.2 Å². The minimum absolute atomic E-state index is 0.224. The monoisotopic (exact) mass is 260 g/mol. The van der Waals surface area contributed by atoms with Crippen molar-refractivity contribution >= 4 is 10.9 Å². The number of hydrogen-bond donors (Lipinski definition) is 2. The lowest BCUT2D eigenvalue weighted by molar-refractivity contribution is 0.172. The minimum atomic E-state index is 0.224. The average molecular weight is 260 g/mol. The number of nitrogens with one attached hydrogen (secondary N) is 1. The SMILES string of the molecule is Cc1[nH]c2cc3c(cc2c1CCC(C)N)OCCO3. The van der Waals surface area contributed by atoms with E-state index in [1.807, 2.05) is 13.0 Å². The van der Waals surface area contributed by atoms with Crippen LogP contribution in [0.5, 0.6) is 11.5 Å². The zero-order chi connectivity index (χ0) is 13.4. The van der Waals surface area contributed by atoms with E-state index >= 15 is 0 Å². The van der Waals surface area contributed by atoms with Gasteiger partial charge in [0.15, 0.2) is 11.5 Å². The van der Waals surface area contributed by atoms with E-state index in [1.54, 1.807) is 0 Å². The fourth-order valence-electron chi connectivity index (χ4n) is 2.62. The molecule has 0 saturated heterocycles. The van der Waals surface area contributed by atoms with Gasteiger partial charge in [-0.25, -0.2) is 0 Å². The molecule has 1 unspecified atom stereocenters. The van der Waals surface area contributed by atoms with E-state index < -0.39 is 0 Å². The predicted molar refractivity (Wildman–Crippen MR) is 76.0 cm³/mol. The number of hydrogen-bond acceptors (Lipinski definition) is 3. The molecule has 4 heteroatoms. The van der Waals surface area contributed by atoms with Crippen molar-refractivity contribution in [1.29, 1.82) is 0 Å². The quantitative estimate of drug-likeness (QED) is 0.891. The molecule has 2 aromatic rings. The van der Waals surface area contributed by atoms with Crippen molar-refractivity contribution in [3.05, 3.63) is 23.4 Å². The van der Waals surface area contributed by atoms with Gasteiger partial charge in [0.05, 0.1) is 0 Å². The van der Waals surface area contributed by atoms with Gasteiger partial charge in [-0.05, 0) is 38.3 Å². The predicted octanol–water partition coefficient (Wildman–Crippen LogP) is 2.53. The van der Waals surface area contributed by atoms with Gasteiger partial charge in [-0.2, -0.15) is 0 Å². The molecular formula is C15H20N2O2. The number of benzene rings is 1. The zero-order valence-corrected chi connectivity index (χ0v) is 11.5. The van der Waals surface area contributed by atoms with Crippen molar-refractivity contribution in [2.45, 2.75) is 32.7 Å². The molecule has 0 spiro atoms. The molecule has 0 bridgehead atoms. The van der Waals surface area contributed by atoms with Gasteiger partial charge in [0, 0.05) is 28.7 Å². The lowest BCUT2D eigenvalue weighted by Crippen LogP contribution is -2.15. The first kappa shape index (κ1) is 12.4. The third kappa shape index (κ3) is 2.28. The molecule has 2 heterocycles. The summed E-state index contributed by atoms with van der Waals surface area (Å²) in [7, 11) is 0. The number of aromatic nitrogens is 1. The van der Waals surface area contributed by atoms with Gasteiger partial charge in [0.1, 0.15) is 13.2 Å². The highest BCUT2D eigenvalue weighted by atomic mass is 16.6. The summed E-state index contributed by atoms with van der Waals surface area (Å²) < 4.78 is 11.3. The number of rotatable bonds is 3. The van der Waals surface area contributed by atoms with Crippen molar-refractivity contribution in [3.63, 3.8) is 0 Å². The van der Waals surface area contributed by atoms with Crippen LogP contribution in [0.1, 0.15) is 24.6 Å². The Morgan fingerprint density at radius 1 is 1.26 bits per heavy atom. The Balaban J connectivity index is 2.04. The maximum Gasteiger partial charge on any atom is 0.163 e. The van der Waals surface area contributed by atoms with Gasteiger partial charge in [0.25, 0.3) is 0 Å². The van der Waals surface area contributed by atoms with Crippen molar-refractivity contribution < 1.29 is 9.47 Å². The highest BCUT2D eigenvalue weighted by molar-refractivity contribution is 5.88. The van der Waals surface area contributed by atoms with Crippen LogP contribution in [0.3, 0.4) is 0 Å². The first-order chi connectivity index (χ1) is 9.15. The smallest absolute Gasteiger partial charge is 0.163 e. The molecule has 0 saturated carbocycles. The Labute approximate surface area is 112 Å². The number of aromatic amines is 1. The molecule has 0 fully saturated rings. The molecular weight excluding hydrogens is 240 g/mol. The first-order valence-electron chi connectivity index (χ1n) is 6.81. The van der Waals surface area contributed by atoms with Crippen LogP contribution in [0.2, 0.25) is 0 Å². The number of fused-ring (bicyclic) bond motifs is 2. The second-order valence-electron chi connectivity index (χ2n) is 5.29.